The SMILES string of the molecule is C=C(/C=C\CC)N1CCN(C2COC2)CC1. The largest absolute Gasteiger partial charge is 0.378 e. The lowest BCUT2D eigenvalue weighted by Crippen LogP contribution is -2.56. The molecule has 0 aromatic carbocycles. The molecular formula is C13H22N2O. The first-order valence-electron chi connectivity index (χ1n) is 6.23. The van der Waals surface area contributed by atoms with Gasteiger partial charge in [-0.25, -0.2) is 0 Å². The summed E-state index contributed by atoms with van der Waals surface area (Å²) in [7, 11) is 0. The highest BCUT2D eigenvalue weighted by Gasteiger charge is 2.28. The molecule has 3 nitrogen and oxygen atoms in total. The van der Waals surface area contributed by atoms with Crippen molar-refractivity contribution >= 4 is 0 Å². The van der Waals surface area contributed by atoms with E-state index in [1.807, 2.05) is 0 Å². The second-order valence-corrected chi connectivity index (χ2v) is 4.52. The van der Waals surface area contributed by atoms with Crippen molar-refractivity contribution in [1.82, 2.24) is 9.80 Å². The first-order valence-corrected chi connectivity index (χ1v) is 6.23. The molecule has 2 heterocycles. The Labute approximate surface area is 98.4 Å². The summed E-state index contributed by atoms with van der Waals surface area (Å²) < 4.78 is 5.23. The summed E-state index contributed by atoms with van der Waals surface area (Å²) in [4.78, 5) is 4.92. The fourth-order valence-corrected chi connectivity index (χ4v) is 2.17. The van der Waals surface area contributed by atoms with E-state index in [2.05, 4.69) is 35.5 Å². The van der Waals surface area contributed by atoms with Crippen LogP contribution in [0.3, 0.4) is 0 Å². The molecule has 0 saturated carbocycles. The lowest BCUT2D eigenvalue weighted by atomic mass is 10.1. The highest BCUT2D eigenvalue weighted by molar-refractivity contribution is 5.14. The predicted molar refractivity (Wildman–Crippen MR) is 66.3 cm³/mol. The van der Waals surface area contributed by atoms with E-state index in [9.17, 15) is 0 Å². The Morgan fingerprint density at radius 1 is 1.31 bits per heavy atom. The number of rotatable bonds is 4. The minimum absolute atomic E-state index is 0.682. The normalized spacial score (nSPS) is 23.7. The van der Waals surface area contributed by atoms with Gasteiger partial charge in [0.15, 0.2) is 0 Å². The van der Waals surface area contributed by atoms with Crippen LogP contribution in [0.5, 0.6) is 0 Å². The second-order valence-electron chi connectivity index (χ2n) is 4.52. The Morgan fingerprint density at radius 3 is 2.50 bits per heavy atom. The third kappa shape index (κ3) is 2.66. The van der Waals surface area contributed by atoms with Gasteiger partial charge in [0, 0.05) is 31.9 Å². The summed E-state index contributed by atoms with van der Waals surface area (Å²) in [5, 5.41) is 0. The first-order chi connectivity index (χ1) is 7.81. The number of hydrogen-bond donors (Lipinski definition) is 0. The van der Waals surface area contributed by atoms with Gasteiger partial charge in [0.2, 0.25) is 0 Å². The Bertz CT molecular complexity index is 263. The lowest BCUT2D eigenvalue weighted by molar-refractivity contribution is -0.0744. The molecule has 16 heavy (non-hydrogen) atoms. The molecule has 0 N–H and O–H groups in total. The van der Waals surface area contributed by atoms with Gasteiger partial charge in [0.1, 0.15) is 0 Å². The van der Waals surface area contributed by atoms with E-state index in [0.29, 0.717) is 6.04 Å². The van der Waals surface area contributed by atoms with Gasteiger partial charge in [0.05, 0.1) is 19.3 Å². The number of nitrogens with zero attached hydrogens (tertiary/aromatic N) is 2. The molecule has 2 rings (SSSR count). The van der Waals surface area contributed by atoms with E-state index in [1.165, 1.54) is 0 Å². The van der Waals surface area contributed by atoms with Crippen LogP contribution in [0.25, 0.3) is 0 Å². The molecule has 0 atom stereocenters. The van der Waals surface area contributed by atoms with Crippen LogP contribution in [0, 0.1) is 0 Å². The number of allylic oxidation sites excluding steroid dienone is 2. The van der Waals surface area contributed by atoms with Crippen molar-refractivity contribution in [2.24, 2.45) is 0 Å². The fourth-order valence-electron chi connectivity index (χ4n) is 2.17. The van der Waals surface area contributed by atoms with E-state index in [-0.39, 0.29) is 0 Å². The predicted octanol–water partition coefficient (Wildman–Crippen LogP) is 1.48. The first kappa shape index (κ1) is 11.7. The number of piperazine rings is 1. The minimum Gasteiger partial charge on any atom is -0.378 e. The molecule has 0 aromatic rings. The van der Waals surface area contributed by atoms with Gasteiger partial charge < -0.3 is 9.64 Å². The Balaban J connectivity index is 1.75. The molecule has 2 aliphatic rings. The summed E-state index contributed by atoms with van der Waals surface area (Å²) in [6.07, 6.45) is 5.40. The topological polar surface area (TPSA) is 15.7 Å². The Morgan fingerprint density at radius 2 is 2.00 bits per heavy atom. The molecule has 0 aromatic heterocycles. The average Bonchev–Trinajstić information content (AvgIpc) is 2.24. The van der Waals surface area contributed by atoms with Crippen LogP contribution in [0.2, 0.25) is 0 Å². The highest BCUT2D eigenvalue weighted by atomic mass is 16.5. The van der Waals surface area contributed by atoms with Crippen LogP contribution in [0.1, 0.15) is 13.3 Å². The molecule has 2 saturated heterocycles. The molecule has 2 aliphatic heterocycles. The van der Waals surface area contributed by atoms with Gasteiger partial charge >= 0.3 is 0 Å². The number of hydrogen-bond acceptors (Lipinski definition) is 3. The van der Waals surface area contributed by atoms with Gasteiger partial charge in [-0.1, -0.05) is 19.6 Å². The monoisotopic (exact) mass is 222 g/mol. The second kappa shape index (κ2) is 5.51. The molecule has 0 bridgehead atoms. The summed E-state index contributed by atoms with van der Waals surface area (Å²) in [6.45, 7) is 12.6. The van der Waals surface area contributed by atoms with Crippen molar-refractivity contribution in [3.05, 3.63) is 24.4 Å². The van der Waals surface area contributed by atoms with Gasteiger partial charge in [-0.05, 0) is 12.5 Å². The van der Waals surface area contributed by atoms with Crippen molar-refractivity contribution in [3.8, 4) is 0 Å². The zero-order valence-electron chi connectivity index (χ0n) is 10.2. The van der Waals surface area contributed by atoms with Crippen LogP contribution in [-0.4, -0.2) is 55.2 Å². The maximum Gasteiger partial charge on any atom is 0.0645 e. The molecule has 0 radical (unpaired) electrons. The lowest BCUT2D eigenvalue weighted by Gasteiger charge is -2.43. The van der Waals surface area contributed by atoms with Crippen LogP contribution >= 0.6 is 0 Å². The summed E-state index contributed by atoms with van der Waals surface area (Å²) >= 11 is 0. The van der Waals surface area contributed by atoms with Gasteiger partial charge in [-0.15, -0.1) is 0 Å². The van der Waals surface area contributed by atoms with E-state index < -0.39 is 0 Å². The molecule has 2 fully saturated rings. The molecule has 0 spiro atoms. The molecule has 3 heteroatoms. The standard InChI is InChI=1S/C13H22N2O/c1-3-4-5-12(2)14-6-8-15(9-7-14)13-10-16-11-13/h4-5,13H,2-3,6-11H2,1H3/b5-4-. The van der Waals surface area contributed by atoms with E-state index in [4.69, 9.17) is 4.74 Å². The van der Waals surface area contributed by atoms with Crippen molar-refractivity contribution in [1.29, 1.82) is 0 Å². The van der Waals surface area contributed by atoms with Gasteiger partial charge in [-0.2, -0.15) is 0 Å². The third-order valence-electron chi connectivity index (χ3n) is 3.40. The third-order valence-corrected chi connectivity index (χ3v) is 3.40. The Hall–Kier alpha value is -0.800. The van der Waals surface area contributed by atoms with E-state index >= 15 is 0 Å². The number of ether oxygens (including phenoxy) is 1. The maximum absolute atomic E-state index is 5.23. The molecule has 90 valence electrons. The summed E-state index contributed by atoms with van der Waals surface area (Å²) in [5.74, 6) is 0. The van der Waals surface area contributed by atoms with Crippen LogP contribution in [0.15, 0.2) is 24.4 Å². The van der Waals surface area contributed by atoms with E-state index in [1.54, 1.807) is 0 Å². The average molecular weight is 222 g/mol. The zero-order chi connectivity index (χ0) is 11.4. The van der Waals surface area contributed by atoms with Crippen molar-refractivity contribution in [2.75, 3.05) is 39.4 Å². The summed E-state index contributed by atoms with van der Waals surface area (Å²) in [6, 6.07) is 0.682. The zero-order valence-corrected chi connectivity index (χ0v) is 10.2. The molecule has 0 unspecified atom stereocenters. The van der Waals surface area contributed by atoms with E-state index in [0.717, 1.165) is 51.5 Å². The van der Waals surface area contributed by atoms with Crippen LogP contribution in [0.4, 0.5) is 0 Å². The van der Waals surface area contributed by atoms with Crippen molar-refractivity contribution < 1.29 is 4.74 Å². The fraction of sp³-hybridized carbons (Fsp3) is 0.692. The van der Waals surface area contributed by atoms with Gasteiger partial charge in [-0.3, -0.25) is 4.90 Å². The van der Waals surface area contributed by atoms with Crippen LogP contribution in [-0.2, 0) is 4.74 Å². The smallest absolute Gasteiger partial charge is 0.0645 e. The quantitative estimate of drug-likeness (QED) is 0.670. The Kier molecular flexibility index (Phi) is 4.02. The highest BCUT2D eigenvalue weighted by Crippen LogP contribution is 2.15. The minimum atomic E-state index is 0.682. The van der Waals surface area contributed by atoms with Crippen molar-refractivity contribution in [2.45, 2.75) is 19.4 Å². The van der Waals surface area contributed by atoms with Crippen LogP contribution < -0.4 is 0 Å². The molecular weight excluding hydrogens is 200 g/mol. The van der Waals surface area contributed by atoms with Crippen molar-refractivity contribution in [3.63, 3.8) is 0 Å². The van der Waals surface area contributed by atoms with Gasteiger partial charge in [0.25, 0.3) is 0 Å². The summed E-state index contributed by atoms with van der Waals surface area (Å²) in [5.41, 5.74) is 1.16. The molecule has 0 aliphatic carbocycles. The maximum atomic E-state index is 5.23. The molecule has 0 amide bonds.